The van der Waals surface area contributed by atoms with Gasteiger partial charge in [-0.2, -0.15) is 0 Å². The fraction of sp³-hybridized carbons (Fsp3) is 0.450. The number of anilines is 2. The van der Waals surface area contributed by atoms with Crippen LogP contribution in [-0.4, -0.2) is 63.0 Å². The number of carbonyl (C=O) groups excluding carboxylic acids is 1. The Bertz CT molecular complexity index is 1060. The minimum Gasteiger partial charge on any atom is -0.377 e. The van der Waals surface area contributed by atoms with E-state index in [1.807, 2.05) is 13.8 Å². The number of nitrogens with zero attached hydrogens (tertiary/aromatic N) is 3. The molecule has 0 spiro atoms. The molecule has 1 fully saturated rings. The van der Waals surface area contributed by atoms with Gasteiger partial charge in [0.05, 0.1) is 41.4 Å². The van der Waals surface area contributed by atoms with E-state index in [1.165, 1.54) is 6.26 Å². The van der Waals surface area contributed by atoms with Crippen LogP contribution in [0, 0.1) is 0 Å². The first kappa shape index (κ1) is 23.2. The molecule has 2 aromatic rings. The summed E-state index contributed by atoms with van der Waals surface area (Å²) in [5, 5.41) is 5.64. The van der Waals surface area contributed by atoms with E-state index >= 15 is 0 Å². The fourth-order valence-corrected chi connectivity index (χ4v) is 4.16. The zero-order valence-electron chi connectivity index (χ0n) is 17.7. The maximum atomic E-state index is 11.9. The SMILES string of the molecule is CCNC(=O)Nc1ccc(-c2nc(CS(C)(=O)=O)cc(N3CCOC[C@@H]3C)n2)cc1Cl. The molecule has 1 aromatic carbocycles. The van der Waals surface area contributed by atoms with Crippen LogP contribution in [0.2, 0.25) is 5.02 Å². The van der Waals surface area contributed by atoms with Crippen LogP contribution in [-0.2, 0) is 20.3 Å². The Morgan fingerprint density at radius 3 is 2.74 bits per heavy atom. The number of aromatic nitrogens is 2. The molecule has 2 N–H and O–H groups in total. The molecule has 1 aliphatic heterocycles. The van der Waals surface area contributed by atoms with Crippen molar-refractivity contribution in [3.8, 4) is 11.4 Å². The van der Waals surface area contributed by atoms with Gasteiger partial charge in [0.2, 0.25) is 0 Å². The molecule has 2 amide bonds. The molecule has 0 saturated carbocycles. The fourth-order valence-electron chi connectivity index (χ4n) is 3.25. The molecule has 1 aromatic heterocycles. The average molecular weight is 468 g/mol. The van der Waals surface area contributed by atoms with Crippen LogP contribution in [0.3, 0.4) is 0 Å². The van der Waals surface area contributed by atoms with Gasteiger partial charge >= 0.3 is 6.03 Å². The van der Waals surface area contributed by atoms with Crippen LogP contribution in [0.4, 0.5) is 16.3 Å². The van der Waals surface area contributed by atoms with Crippen LogP contribution in [0.5, 0.6) is 0 Å². The molecule has 1 atom stereocenters. The maximum absolute atomic E-state index is 11.9. The smallest absolute Gasteiger partial charge is 0.319 e. The molecule has 0 bridgehead atoms. The number of sulfone groups is 1. The van der Waals surface area contributed by atoms with Crippen molar-refractivity contribution in [3.63, 3.8) is 0 Å². The van der Waals surface area contributed by atoms with E-state index in [0.717, 1.165) is 0 Å². The van der Waals surface area contributed by atoms with Crippen molar-refractivity contribution in [2.75, 3.05) is 42.8 Å². The quantitative estimate of drug-likeness (QED) is 0.671. The molecule has 0 radical (unpaired) electrons. The van der Waals surface area contributed by atoms with Gasteiger partial charge in [-0.3, -0.25) is 0 Å². The number of rotatable bonds is 6. The molecule has 0 aliphatic carbocycles. The van der Waals surface area contributed by atoms with Gasteiger partial charge in [-0.05, 0) is 32.0 Å². The highest BCUT2D eigenvalue weighted by Gasteiger charge is 2.22. The zero-order valence-corrected chi connectivity index (χ0v) is 19.3. The molecule has 168 valence electrons. The number of morpholine rings is 1. The van der Waals surface area contributed by atoms with E-state index in [1.54, 1.807) is 24.3 Å². The van der Waals surface area contributed by atoms with Gasteiger partial charge in [0.15, 0.2) is 15.7 Å². The number of nitrogens with one attached hydrogen (secondary N) is 2. The maximum Gasteiger partial charge on any atom is 0.319 e. The van der Waals surface area contributed by atoms with E-state index in [9.17, 15) is 13.2 Å². The van der Waals surface area contributed by atoms with Crippen LogP contribution < -0.4 is 15.5 Å². The molecule has 9 nitrogen and oxygen atoms in total. The van der Waals surface area contributed by atoms with Gasteiger partial charge in [0.1, 0.15) is 5.82 Å². The Morgan fingerprint density at radius 1 is 1.32 bits per heavy atom. The first-order valence-corrected chi connectivity index (χ1v) is 12.3. The Labute approximate surface area is 187 Å². The van der Waals surface area contributed by atoms with Crippen molar-refractivity contribution in [2.45, 2.75) is 25.6 Å². The minimum atomic E-state index is -3.28. The van der Waals surface area contributed by atoms with Gasteiger partial charge in [-0.25, -0.2) is 23.2 Å². The lowest BCUT2D eigenvalue weighted by Crippen LogP contribution is -2.44. The first-order chi connectivity index (χ1) is 14.7. The van der Waals surface area contributed by atoms with Crippen LogP contribution in [0.1, 0.15) is 19.5 Å². The highest BCUT2D eigenvalue weighted by Crippen LogP contribution is 2.29. The Morgan fingerprint density at radius 2 is 2.10 bits per heavy atom. The van der Waals surface area contributed by atoms with Crippen LogP contribution >= 0.6 is 11.6 Å². The molecule has 11 heteroatoms. The molecule has 3 rings (SSSR count). The number of hydrogen-bond acceptors (Lipinski definition) is 7. The van der Waals surface area contributed by atoms with Gasteiger partial charge in [-0.15, -0.1) is 0 Å². The third kappa shape index (κ3) is 6.28. The highest BCUT2D eigenvalue weighted by atomic mass is 35.5. The monoisotopic (exact) mass is 467 g/mol. The van der Waals surface area contributed by atoms with Crippen molar-refractivity contribution in [2.24, 2.45) is 0 Å². The summed E-state index contributed by atoms with van der Waals surface area (Å²) >= 11 is 6.36. The van der Waals surface area contributed by atoms with E-state index in [4.69, 9.17) is 16.3 Å². The van der Waals surface area contributed by atoms with E-state index in [2.05, 4.69) is 25.5 Å². The highest BCUT2D eigenvalue weighted by molar-refractivity contribution is 7.89. The largest absolute Gasteiger partial charge is 0.377 e. The van der Waals surface area contributed by atoms with Crippen molar-refractivity contribution in [1.82, 2.24) is 15.3 Å². The van der Waals surface area contributed by atoms with Crippen LogP contribution in [0.15, 0.2) is 24.3 Å². The predicted molar refractivity (Wildman–Crippen MR) is 121 cm³/mol. The number of ether oxygens (including phenoxy) is 1. The molecule has 2 heterocycles. The van der Waals surface area contributed by atoms with Crippen LogP contribution in [0.25, 0.3) is 11.4 Å². The summed E-state index contributed by atoms with van der Waals surface area (Å²) in [6.07, 6.45) is 1.17. The summed E-state index contributed by atoms with van der Waals surface area (Å²) in [6.45, 7) is 6.11. The van der Waals surface area contributed by atoms with Gasteiger partial charge in [-0.1, -0.05) is 11.6 Å². The summed E-state index contributed by atoms with van der Waals surface area (Å²) in [5.74, 6) is 0.806. The average Bonchev–Trinajstić information content (AvgIpc) is 2.68. The van der Waals surface area contributed by atoms with E-state index < -0.39 is 9.84 Å². The Balaban J connectivity index is 1.99. The Kier molecular flexibility index (Phi) is 7.34. The number of urea groups is 1. The molecule has 31 heavy (non-hydrogen) atoms. The molecular formula is C20H26ClN5O4S. The Hall–Kier alpha value is -2.43. The number of benzene rings is 1. The lowest BCUT2D eigenvalue weighted by Gasteiger charge is -2.34. The van der Waals surface area contributed by atoms with Gasteiger partial charge in [0, 0.05) is 31.0 Å². The summed E-state index contributed by atoms with van der Waals surface area (Å²) in [4.78, 5) is 23.0. The van der Waals surface area contributed by atoms with Crippen molar-refractivity contribution < 1.29 is 17.9 Å². The summed E-state index contributed by atoms with van der Waals surface area (Å²) in [7, 11) is -3.28. The third-order valence-electron chi connectivity index (χ3n) is 4.65. The number of halogens is 1. The van der Waals surface area contributed by atoms with E-state index in [0.29, 0.717) is 59.9 Å². The lowest BCUT2D eigenvalue weighted by molar-refractivity contribution is 0.0985. The standard InChI is InChI=1S/C20H26ClN5O4S/c1-4-22-20(27)24-17-6-5-14(9-16(17)21)19-23-15(12-31(3,28)29)10-18(25-19)26-7-8-30-11-13(26)2/h5-6,9-10,13H,4,7-8,11-12H2,1-3H3,(H2,22,24,27)/t13-/m0/s1. The van der Waals surface area contributed by atoms with Crippen molar-refractivity contribution in [1.29, 1.82) is 0 Å². The second-order valence-corrected chi connectivity index (χ2v) is 9.95. The summed E-state index contributed by atoms with van der Waals surface area (Å²) < 4.78 is 29.3. The first-order valence-electron chi connectivity index (χ1n) is 9.91. The topological polar surface area (TPSA) is 114 Å². The normalized spacial score (nSPS) is 16.8. The zero-order chi connectivity index (χ0) is 22.6. The van der Waals surface area contributed by atoms with Gasteiger partial charge < -0.3 is 20.3 Å². The van der Waals surface area contributed by atoms with E-state index in [-0.39, 0.29) is 17.8 Å². The lowest BCUT2D eigenvalue weighted by atomic mass is 10.1. The number of amides is 2. The molecule has 1 saturated heterocycles. The third-order valence-corrected chi connectivity index (χ3v) is 5.78. The predicted octanol–water partition coefficient (Wildman–Crippen LogP) is 2.71. The number of hydrogen-bond donors (Lipinski definition) is 2. The van der Waals surface area contributed by atoms with Crippen molar-refractivity contribution >= 4 is 39.0 Å². The molecular weight excluding hydrogens is 442 g/mol. The van der Waals surface area contributed by atoms with Gasteiger partial charge in [0.25, 0.3) is 0 Å². The molecule has 0 unspecified atom stereocenters. The second kappa shape index (κ2) is 9.80. The van der Waals surface area contributed by atoms with Crippen molar-refractivity contribution in [3.05, 3.63) is 35.0 Å². The molecule has 1 aliphatic rings. The number of carbonyl (C=O) groups is 1. The summed E-state index contributed by atoms with van der Waals surface area (Å²) in [6, 6.07) is 6.49. The second-order valence-electron chi connectivity index (χ2n) is 7.41. The summed E-state index contributed by atoms with van der Waals surface area (Å²) in [5.41, 5.74) is 1.47. The minimum absolute atomic E-state index is 0.0924.